The molecule has 2 atom stereocenters. The van der Waals surface area contributed by atoms with E-state index in [9.17, 15) is 9.90 Å². The number of piperidine rings is 1. The average molecular weight is 426 g/mol. The lowest BCUT2D eigenvalue weighted by Gasteiger charge is -2.36. The number of ether oxygens (including phenoxy) is 2. The molecule has 1 unspecified atom stereocenters. The minimum atomic E-state index is -0.470. The van der Waals surface area contributed by atoms with Crippen molar-refractivity contribution in [2.75, 3.05) is 45.6 Å². The Morgan fingerprint density at radius 3 is 2.97 bits per heavy atom. The Morgan fingerprint density at radius 1 is 1.52 bits per heavy atom. The predicted octanol–water partition coefficient (Wildman–Crippen LogP) is 2.08. The quantitative estimate of drug-likeness (QED) is 0.457. The summed E-state index contributed by atoms with van der Waals surface area (Å²) in [5.41, 5.74) is 7.33. The number of anilines is 1. The van der Waals surface area contributed by atoms with E-state index in [1.54, 1.807) is 13.2 Å². The molecule has 3 rings (SSSR count). The second-order valence-electron chi connectivity index (χ2n) is 8.64. The summed E-state index contributed by atoms with van der Waals surface area (Å²) >= 11 is 6.26. The molecule has 1 aromatic rings. The Labute approximate surface area is 177 Å². The van der Waals surface area contributed by atoms with Crippen LogP contribution in [0.1, 0.15) is 42.6 Å². The number of methoxy groups -OCH3 is 1. The molecule has 0 aromatic heterocycles. The van der Waals surface area contributed by atoms with Crippen LogP contribution in [0.25, 0.3) is 0 Å². The number of rotatable bonds is 7. The maximum atomic E-state index is 12.9. The zero-order valence-corrected chi connectivity index (χ0v) is 18.2. The summed E-state index contributed by atoms with van der Waals surface area (Å²) in [5.74, 6) is 0.283. The number of nitrogens with zero attached hydrogens (tertiary/aromatic N) is 1. The van der Waals surface area contributed by atoms with Crippen LogP contribution in [0.5, 0.6) is 5.75 Å². The van der Waals surface area contributed by atoms with Crippen LogP contribution >= 0.6 is 11.6 Å². The standard InChI is InChI=1S/C21H32ClN3O4/c1-21(2)10-15-18(23)16(22)9-14(19(15)29-21)20(27)24-11-13-5-7-25(12-17(13)26)6-4-8-28-3/h9,13,17,26H,4-8,10-12,23H2,1-3H3,(H,24,27)/t13-,17?/m0/s1. The van der Waals surface area contributed by atoms with Gasteiger partial charge in [-0.25, -0.2) is 0 Å². The molecule has 7 nitrogen and oxygen atoms in total. The number of hydrogen-bond acceptors (Lipinski definition) is 6. The number of nitrogens with one attached hydrogen (secondary N) is 1. The number of aliphatic hydroxyl groups is 1. The fourth-order valence-electron chi connectivity index (χ4n) is 4.14. The Kier molecular flexibility index (Phi) is 6.94. The molecule has 162 valence electrons. The Bertz CT molecular complexity index is 756. The predicted molar refractivity (Wildman–Crippen MR) is 114 cm³/mol. The number of carbonyl (C=O) groups is 1. The monoisotopic (exact) mass is 425 g/mol. The number of nitrogen functional groups attached to an aromatic ring is 1. The number of fused-ring (bicyclic) bond motifs is 1. The van der Waals surface area contributed by atoms with Crippen LogP contribution in [0.4, 0.5) is 5.69 Å². The SMILES string of the molecule is COCCCN1CC[C@@H](CNC(=O)c2cc(Cl)c(N)c3c2OC(C)(C)C3)C(O)C1. The number of amides is 1. The van der Waals surface area contributed by atoms with Gasteiger partial charge in [-0.15, -0.1) is 0 Å². The molecule has 0 aliphatic carbocycles. The highest BCUT2D eigenvalue weighted by Crippen LogP contribution is 2.44. The van der Waals surface area contributed by atoms with E-state index < -0.39 is 11.7 Å². The highest BCUT2D eigenvalue weighted by atomic mass is 35.5. The zero-order chi connectivity index (χ0) is 21.2. The van der Waals surface area contributed by atoms with Crippen LogP contribution in [-0.4, -0.2) is 67.5 Å². The van der Waals surface area contributed by atoms with Gasteiger partial charge in [-0.2, -0.15) is 0 Å². The van der Waals surface area contributed by atoms with Crippen molar-refractivity contribution < 1.29 is 19.4 Å². The van der Waals surface area contributed by atoms with Crippen LogP contribution in [0, 0.1) is 5.92 Å². The van der Waals surface area contributed by atoms with Crippen molar-refractivity contribution in [2.24, 2.45) is 5.92 Å². The van der Waals surface area contributed by atoms with Crippen molar-refractivity contribution in [2.45, 2.75) is 44.8 Å². The smallest absolute Gasteiger partial charge is 0.255 e. The lowest BCUT2D eigenvalue weighted by atomic mass is 9.93. The third-order valence-corrected chi connectivity index (χ3v) is 6.06. The van der Waals surface area contributed by atoms with E-state index >= 15 is 0 Å². The molecule has 1 amide bonds. The molecule has 0 radical (unpaired) electrons. The highest BCUT2D eigenvalue weighted by Gasteiger charge is 2.36. The molecule has 29 heavy (non-hydrogen) atoms. The molecule has 0 saturated carbocycles. The number of hydrogen-bond donors (Lipinski definition) is 3. The number of nitrogens with two attached hydrogens (primary N) is 1. The third kappa shape index (κ3) is 5.15. The van der Waals surface area contributed by atoms with Crippen LogP contribution in [-0.2, 0) is 11.2 Å². The van der Waals surface area contributed by atoms with E-state index in [4.69, 9.17) is 26.8 Å². The maximum absolute atomic E-state index is 12.9. The van der Waals surface area contributed by atoms with Gasteiger partial charge in [0, 0.05) is 51.3 Å². The summed E-state index contributed by atoms with van der Waals surface area (Å²) in [6.45, 7) is 7.47. The van der Waals surface area contributed by atoms with E-state index in [1.165, 1.54) is 0 Å². The number of β-amino-alcohol motifs (C(OH)–C–C–N with tert-alkyl or cyclic N) is 1. The number of benzene rings is 1. The van der Waals surface area contributed by atoms with Crippen LogP contribution in [0.15, 0.2) is 6.07 Å². The van der Waals surface area contributed by atoms with Gasteiger partial charge in [0.25, 0.3) is 5.91 Å². The largest absolute Gasteiger partial charge is 0.486 e. The van der Waals surface area contributed by atoms with Crippen molar-refractivity contribution in [3.8, 4) is 5.75 Å². The van der Waals surface area contributed by atoms with Crippen LogP contribution in [0.3, 0.4) is 0 Å². The van der Waals surface area contributed by atoms with Gasteiger partial charge in [-0.05, 0) is 39.3 Å². The first kappa shape index (κ1) is 22.2. The van der Waals surface area contributed by atoms with Gasteiger partial charge in [-0.1, -0.05) is 11.6 Å². The number of likely N-dealkylation sites (tertiary alicyclic amines) is 1. The van der Waals surface area contributed by atoms with E-state index in [1.807, 2.05) is 13.8 Å². The molecule has 2 aliphatic heterocycles. The minimum Gasteiger partial charge on any atom is -0.486 e. The summed E-state index contributed by atoms with van der Waals surface area (Å²) in [6, 6.07) is 1.57. The Hall–Kier alpha value is -1.54. The van der Waals surface area contributed by atoms with E-state index in [0.717, 1.165) is 38.1 Å². The van der Waals surface area contributed by atoms with Crippen LogP contribution in [0.2, 0.25) is 5.02 Å². The molecule has 0 spiro atoms. The average Bonchev–Trinajstić information content (AvgIpc) is 2.99. The molecule has 8 heteroatoms. The van der Waals surface area contributed by atoms with Crippen molar-refractivity contribution >= 4 is 23.2 Å². The van der Waals surface area contributed by atoms with Crippen molar-refractivity contribution in [3.05, 3.63) is 22.2 Å². The molecule has 1 saturated heterocycles. The molecule has 1 fully saturated rings. The summed E-state index contributed by atoms with van der Waals surface area (Å²) in [7, 11) is 1.69. The number of carbonyl (C=O) groups excluding carboxylic acids is 1. The lowest BCUT2D eigenvalue weighted by Crippen LogP contribution is -2.48. The fraction of sp³-hybridized carbons (Fsp3) is 0.667. The van der Waals surface area contributed by atoms with Gasteiger partial charge in [0.2, 0.25) is 0 Å². The molecular formula is C21H32ClN3O4. The number of halogens is 1. The summed E-state index contributed by atoms with van der Waals surface area (Å²) in [5, 5.41) is 13.8. The third-order valence-electron chi connectivity index (χ3n) is 5.75. The van der Waals surface area contributed by atoms with Gasteiger partial charge < -0.3 is 30.5 Å². The van der Waals surface area contributed by atoms with Gasteiger partial charge in [0.05, 0.1) is 22.4 Å². The second kappa shape index (κ2) is 9.08. The molecule has 1 aromatic carbocycles. The molecule has 2 aliphatic rings. The first-order valence-electron chi connectivity index (χ1n) is 10.2. The Morgan fingerprint density at radius 2 is 2.28 bits per heavy atom. The normalized spacial score (nSPS) is 23.5. The number of aliphatic hydroxyl groups excluding tert-OH is 1. The first-order valence-corrected chi connectivity index (χ1v) is 10.6. The minimum absolute atomic E-state index is 0.0206. The molecule has 0 bridgehead atoms. The van der Waals surface area contributed by atoms with E-state index in [0.29, 0.717) is 41.5 Å². The summed E-state index contributed by atoms with van der Waals surface area (Å²) in [4.78, 5) is 15.1. The zero-order valence-electron chi connectivity index (χ0n) is 17.5. The van der Waals surface area contributed by atoms with Gasteiger partial charge in [0.15, 0.2) is 0 Å². The van der Waals surface area contributed by atoms with Gasteiger partial charge >= 0.3 is 0 Å². The first-order chi connectivity index (χ1) is 13.7. The second-order valence-corrected chi connectivity index (χ2v) is 9.05. The lowest BCUT2D eigenvalue weighted by molar-refractivity contribution is 0.0192. The topological polar surface area (TPSA) is 97.1 Å². The van der Waals surface area contributed by atoms with E-state index in [-0.39, 0.29) is 11.8 Å². The summed E-state index contributed by atoms with van der Waals surface area (Å²) < 4.78 is 11.1. The van der Waals surface area contributed by atoms with E-state index in [2.05, 4.69) is 10.2 Å². The maximum Gasteiger partial charge on any atom is 0.255 e. The van der Waals surface area contributed by atoms with Gasteiger partial charge in [0.1, 0.15) is 11.4 Å². The molecule has 2 heterocycles. The molecular weight excluding hydrogens is 394 g/mol. The van der Waals surface area contributed by atoms with Crippen molar-refractivity contribution in [1.29, 1.82) is 0 Å². The van der Waals surface area contributed by atoms with Crippen molar-refractivity contribution in [3.63, 3.8) is 0 Å². The summed E-state index contributed by atoms with van der Waals surface area (Å²) in [6.07, 6.45) is 1.92. The van der Waals surface area contributed by atoms with Crippen LogP contribution < -0.4 is 15.8 Å². The highest BCUT2D eigenvalue weighted by molar-refractivity contribution is 6.33. The van der Waals surface area contributed by atoms with Crippen molar-refractivity contribution in [1.82, 2.24) is 10.2 Å². The van der Waals surface area contributed by atoms with Gasteiger partial charge in [-0.3, -0.25) is 4.79 Å². The molecule has 4 N–H and O–H groups in total. The fourth-order valence-corrected chi connectivity index (χ4v) is 4.36. The Balaban J connectivity index is 1.60.